The molecule has 0 bridgehead atoms. The Hall–Kier alpha value is -0.970. The van der Waals surface area contributed by atoms with Crippen molar-refractivity contribution in [2.24, 2.45) is 5.41 Å². The Bertz CT molecular complexity index is 1340. The van der Waals surface area contributed by atoms with Crippen molar-refractivity contribution in [1.29, 1.82) is 0 Å². The number of rotatable bonds is 9. The minimum absolute atomic E-state index is 0. The van der Waals surface area contributed by atoms with Crippen molar-refractivity contribution in [3.63, 3.8) is 0 Å². The fourth-order valence-electron chi connectivity index (χ4n) is 3.89. The van der Waals surface area contributed by atoms with Crippen LogP contribution < -0.4 is 0 Å². The topological polar surface area (TPSA) is 91.8 Å². The van der Waals surface area contributed by atoms with E-state index in [0.717, 1.165) is 20.5 Å². The molecule has 1 aromatic rings. The Labute approximate surface area is 236 Å². The molecular weight excluding hydrogens is 517 g/mol. The van der Waals surface area contributed by atoms with Crippen LogP contribution in [-0.4, -0.2) is 61.3 Å². The third-order valence-corrected chi connectivity index (χ3v) is 9.04. The summed E-state index contributed by atoms with van der Waals surface area (Å²) in [7, 11) is -8.24. The Morgan fingerprint density at radius 3 is 2.06 bits per heavy atom. The van der Waals surface area contributed by atoms with Gasteiger partial charge in [0.15, 0.2) is 0 Å². The number of fused-ring (bicyclic) bond motifs is 1. The number of aryl methyl sites for hydroxylation is 1. The van der Waals surface area contributed by atoms with Gasteiger partial charge >= 0.3 is 29.6 Å². The molecule has 1 N–H and O–H groups in total. The van der Waals surface area contributed by atoms with Crippen LogP contribution in [-0.2, 0) is 26.6 Å². The second-order valence-corrected chi connectivity index (χ2v) is 13.4. The molecule has 0 unspecified atom stereocenters. The molecule has 186 valence electrons. The summed E-state index contributed by atoms with van der Waals surface area (Å²) >= 11 is 6.23. The van der Waals surface area contributed by atoms with Crippen LogP contribution in [0.2, 0.25) is 0 Å². The van der Waals surface area contributed by atoms with Crippen LogP contribution in [0, 0.1) is 5.41 Å². The third-order valence-electron chi connectivity index (χ3n) is 5.96. The number of hydrogen-bond donors (Lipinski definition) is 1. The van der Waals surface area contributed by atoms with E-state index in [2.05, 4.69) is 13.8 Å². The standard InChI is InChI=1S/C25H30ClNO5S2.Na.H/c1-18(2)19-10-12-22-20(16-24(34(30,31)32)23(22)13-11-19)14-15-25(3,4)17-27(26)33(28,29)21-8-6-5-7-9-21;;/h5-13,16,18H,14-15,17H2,1-4H3,(H,30,31,32);;. The van der Waals surface area contributed by atoms with E-state index in [-0.39, 0.29) is 51.8 Å². The Morgan fingerprint density at radius 2 is 1.51 bits per heavy atom. The van der Waals surface area contributed by atoms with E-state index in [0.29, 0.717) is 18.4 Å². The molecule has 0 amide bonds. The van der Waals surface area contributed by atoms with Crippen LogP contribution in [0.1, 0.15) is 51.2 Å². The number of halogens is 1. The first kappa shape index (κ1) is 30.3. The van der Waals surface area contributed by atoms with Crippen molar-refractivity contribution in [2.45, 2.75) is 56.2 Å². The molecule has 0 saturated heterocycles. The van der Waals surface area contributed by atoms with E-state index in [4.69, 9.17) is 11.8 Å². The quantitative estimate of drug-likeness (QED) is 0.222. The molecule has 0 aromatic heterocycles. The van der Waals surface area contributed by atoms with Crippen LogP contribution >= 0.6 is 11.8 Å². The summed E-state index contributed by atoms with van der Waals surface area (Å²) in [6.07, 6.45) is 1.02. The van der Waals surface area contributed by atoms with Gasteiger partial charge in [-0.2, -0.15) is 8.42 Å². The average molecular weight is 548 g/mol. The Kier molecular flexibility index (Phi) is 10.0. The zero-order chi connectivity index (χ0) is 25.3. The zero-order valence-electron chi connectivity index (χ0n) is 19.7. The zero-order valence-corrected chi connectivity index (χ0v) is 22.1. The maximum absolute atomic E-state index is 12.8. The molecule has 0 spiro atoms. The van der Waals surface area contributed by atoms with Crippen LogP contribution in [0.5, 0.6) is 0 Å². The van der Waals surface area contributed by atoms with Gasteiger partial charge in [-0.1, -0.05) is 70.2 Å². The fourth-order valence-corrected chi connectivity index (χ4v) is 6.45. The van der Waals surface area contributed by atoms with Crippen molar-refractivity contribution >= 4 is 61.5 Å². The van der Waals surface area contributed by atoms with Crippen molar-refractivity contribution in [2.75, 3.05) is 6.54 Å². The monoisotopic (exact) mass is 547 g/mol. The summed E-state index contributed by atoms with van der Waals surface area (Å²) in [6, 6.07) is 17.0. The van der Waals surface area contributed by atoms with Crippen molar-refractivity contribution < 1.29 is 21.4 Å². The third kappa shape index (κ3) is 7.29. The minimum atomic E-state index is -4.40. The Morgan fingerprint density at radius 1 is 0.943 bits per heavy atom. The molecule has 35 heavy (non-hydrogen) atoms. The van der Waals surface area contributed by atoms with Crippen LogP contribution in [0.4, 0.5) is 0 Å². The Balaban J connectivity index is 0.00000432. The second-order valence-electron chi connectivity index (χ2n) is 9.59. The van der Waals surface area contributed by atoms with E-state index >= 15 is 0 Å². The van der Waals surface area contributed by atoms with Crippen molar-refractivity contribution in [3.05, 3.63) is 71.8 Å². The van der Waals surface area contributed by atoms with Crippen LogP contribution in [0.3, 0.4) is 0 Å². The predicted molar refractivity (Wildman–Crippen MR) is 142 cm³/mol. The molecule has 0 saturated carbocycles. The normalized spacial score (nSPS) is 12.8. The molecular formula is C25H31ClNNaO5S2. The first-order chi connectivity index (χ1) is 15.7. The van der Waals surface area contributed by atoms with Crippen LogP contribution in [0.15, 0.2) is 70.5 Å². The van der Waals surface area contributed by atoms with E-state index in [1.807, 2.05) is 32.0 Å². The molecule has 6 nitrogen and oxygen atoms in total. The molecule has 0 heterocycles. The number of sulfonamides is 1. The van der Waals surface area contributed by atoms with Crippen molar-refractivity contribution in [3.8, 4) is 11.1 Å². The molecule has 0 aliphatic heterocycles. The van der Waals surface area contributed by atoms with E-state index in [1.54, 1.807) is 24.3 Å². The number of benzene rings is 1. The van der Waals surface area contributed by atoms with Crippen molar-refractivity contribution in [1.82, 2.24) is 3.82 Å². The molecule has 10 heteroatoms. The summed E-state index contributed by atoms with van der Waals surface area (Å²) in [5, 5.41) is 0. The van der Waals surface area contributed by atoms with Gasteiger partial charge in [-0.15, -0.1) is 3.82 Å². The molecule has 1 aromatic carbocycles. The fraction of sp³-hybridized carbons (Fsp3) is 0.360. The number of hydrogen-bond acceptors (Lipinski definition) is 4. The molecule has 2 aliphatic rings. The molecule has 0 radical (unpaired) electrons. The molecule has 2 aliphatic carbocycles. The first-order valence-electron chi connectivity index (χ1n) is 11.0. The average Bonchev–Trinajstić information content (AvgIpc) is 2.95. The summed E-state index contributed by atoms with van der Waals surface area (Å²) in [6.45, 7) is 7.99. The maximum atomic E-state index is 12.8. The van der Waals surface area contributed by atoms with E-state index in [9.17, 15) is 21.4 Å². The summed E-state index contributed by atoms with van der Waals surface area (Å²) in [5.74, 6) is 0.259. The second kappa shape index (κ2) is 11.6. The molecule has 0 fully saturated rings. The molecule has 3 rings (SSSR count). The summed E-state index contributed by atoms with van der Waals surface area (Å²) in [5.41, 5.74) is 2.52. The first-order valence-corrected chi connectivity index (χ1v) is 14.2. The van der Waals surface area contributed by atoms with Gasteiger partial charge in [-0.25, -0.2) is 8.42 Å². The van der Waals surface area contributed by atoms with Gasteiger partial charge in [0, 0.05) is 12.1 Å². The summed E-state index contributed by atoms with van der Waals surface area (Å²) < 4.78 is 60.3. The van der Waals surface area contributed by atoms with Crippen LogP contribution in [0.25, 0.3) is 11.1 Å². The number of nitrogens with zero attached hydrogens (tertiary/aromatic N) is 1. The van der Waals surface area contributed by atoms with Gasteiger partial charge in [0.25, 0.3) is 20.1 Å². The molecule has 0 atom stereocenters. The van der Waals surface area contributed by atoms with Gasteiger partial charge in [0.2, 0.25) is 0 Å². The van der Waals surface area contributed by atoms with Gasteiger partial charge in [0.1, 0.15) is 4.90 Å². The summed E-state index contributed by atoms with van der Waals surface area (Å²) in [4.78, 5) is 0.000849. The van der Waals surface area contributed by atoms with Gasteiger partial charge in [-0.05, 0) is 70.8 Å². The van der Waals surface area contributed by atoms with E-state index in [1.165, 1.54) is 18.2 Å². The van der Waals surface area contributed by atoms with Gasteiger partial charge in [-0.3, -0.25) is 4.55 Å². The van der Waals surface area contributed by atoms with E-state index < -0.39 is 25.6 Å². The predicted octanol–water partition coefficient (Wildman–Crippen LogP) is 5.32. The SMILES string of the molecule is CC(C)c1ccc2c(CCC(C)(C)CN(Cl)S(=O)(=O)c3ccccc3)cc(S(=O)(=O)O)c-2cc1.[NaH]. The van der Waals surface area contributed by atoms with Gasteiger partial charge in [0.05, 0.1) is 4.90 Å². The van der Waals surface area contributed by atoms with Gasteiger partial charge < -0.3 is 0 Å².